The molecule has 0 bridgehead atoms. The molecule has 0 aliphatic heterocycles. The van der Waals surface area contributed by atoms with Crippen LogP contribution in [0.15, 0.2) is 17.5 Å². The highest BCUT2D eigenvalue weighted by Crippen LogP contribution is 2.22. The van der Waals surface area contributed by atoms with E-state index in [0.717, 1.165) is 4.88 Å². The van der Waals surface area contributed by atoms with Gasteiger partial charge in [0.05, 0.1) is 12.5 Å². The molecule has 0 aliphatic rings. The number of hydrogen-bond donors (Lipinski definition) is 3. The predicted octanol–water partition coefficient (Wildman–Crippen LogP) is 1.37. The fourth-order valence-corrected chi connectivity index (χ4v) is 2.44. The predicted molar refractivity (Wildman–Crippen MR) is 72.5 cm³/mol. The first-order chi connectivity index (χ1) is 9.60. The van der Waals surface area contributed by atoms with Gasteiger partial charge in [-0.3, -0.25) is 14.7 Å². The van der Waals surface area contributed by atoms with Crippen LogP contribution in [0.5, 0.6) is 0 Å². The van der Waals surface area contributed by atoms with E-state index in [1.807, 2.05) is 18.4 Å². The first-order valence-corrected chi connectivity index (χ1v) is 6.95. The Bertz CT molecular complexity index is 594. The molecule has 1 unspecified atom stereocenters. The number of carboxylic acids is 1. The monoisotopic (exact) mass is 294 g/mol. The normalized spacial score (nSPS) is 12.1. The van der Waals surface area contributed by atoms with Gasteiger partial charge in [-0.2, -0.15) is 0 Å². The van der Waals surface area contributed by atoms with Gasteiger partial charge in [-0.25, -0.2) is 4.98 Å². The van der Waals surface area contributed by atoms with Gasteiger partial charge in [0.15, 0.2) is 0 Å². The molecule has 2 rings (SSSR count). The molecule has 3 N–H and O–H groups in total. The molecule has 0 aliphatic carbocycles. The maximum Gasteiger partial charge on any atom is 0.305 e. The Kier molecular flexibility index (Phi) is 4.46. The molecule has 0 fully saturated rings. The van der Waals surface area contributed by atoms with E-state index in [1.54, 1.807) is 6.07 Å². The number of thiophene rings is 1. The van der Waals surface area contributed by atoms with Crippen LogP contribution in [0.2, 0.25) is 0 Å². The molecule has 7 nitrogen and oxygen atoms in total. The average molecular weight is 294 g/mol. The molecule has 1 atom stereocenters. The second-order valence-electron chi connectivity index (χ2n) is 4.10. The molecule has 0 aromatic carbocycles. The number of H-pyrrole nitrogens is 1. The number of carboxylic acid groups (broad SMARTS) is 1. The minimum atomic E-state index is -0.979. The van der Waals surface area contributed by atoms with Gasteiger partial charge in [0.1, 0.15) is 5.82 Å². The highest BCUT2D eigenvalue weighted by atomic mass is 32.1. The van der Waals surface area contributed by atoms with E-state index in [-0.39, 0.29) is 12.2 Å². The fourth-order valence-electron chi connectivity index (χ4n) is 1.66. The molecule has 1 amide bonds. The van der Waals surface area contributed by atoms with E-state index in [9.17, 15) is 9.59 Å². The zero-order chi connectivity index (χ0) is 14.5. The highest BCUT2D eigenvalue weighted by molar-refractivity contribution is 7.10. The summed E-state index contributed by atoms with van der Waals surface area (Å²) in [6.45, 7) is 1.89. The lowest BCUT2D eigenvalue weighted by Gasteiger charge is -2.14. The molecule has 8 heteroatoms. The van der Waals surface area contributed by atoms with Crippen molar-refractivity contribution in [1.82, 2.24) is 20.5 Å². The van der Waals surface area contributed by atoms with Gasteiger partial charge in [0, 0.05) is 11.3 Å². The SMILES string of the molecule is CCc1nc(C(=O)NC(CC(=O)O)c2cccs2)n[nH]1. The van der Waals surface area contributed by atoms with Gasteiger partial charge < -0.3 is 10.4 Å². The van der Waals surface area contributed by atoms with Gasteiger partial charge in [0.2, 0.25) is 5.82 Å². The topological polar surface area (TPSA) is 108 Å². The lowest BCUT2D eigenvalue weighted by Crippen LogP contribution is -2.30. The van der Waals surface area contributed by atoms with Gasteiger partial charge in [-0.05, 0) is 11.4 Å². The van der Waals surface area contributed by atoms with Gasteiger partial charge in [-0.15, -0.1) is 16.4 Å². The zero-order valence-electron chi connectivity index (χ0n) is 10.8. The second-order valence-corrected chi connectivity index (χ2v) is 5.08. The van der Waals surface area contributed by atoms with Gasteiger partial charge in [-0.1, -0.05) is 13.0 Å². The molecular weight excluding hydrogens is 280 g/mol. The van der Waals surface area contributed by atoms with Crippen molar-refractivity contribution in [2.24, 2.45) is 0 Å². The van der Waals surface area contributed by atoms with E-state index in [4.69, 9.17) is 5.11 Å². The van der Waals surface area contributed by atoms with Crippen molar-refractivity contribution in [2.75, 3.05) is 0 Å². The summed E-state index contributed by atoms with van der Waals surface area (Å²) in [7, 11) is 0. The van der Waals surface area contributed by atoms with Crippen LogP contribution in [0, 0.1) is 0 Å². The number of nitrogens with one attached hydrogen (secondary N) is 2. The van der Waals surface area contributed by atoms with Gasteiger partial charge in [0.25, 0.3) is 5.91 Å². The molecule has 0 saturated carbocycles. The van der Waals surface area contributed by atoms with Crippen molar-refractivity contribution in [3.63, 3.8) is 0 Å². The smallest absolute Gasteiger partial charge is 0.305 e. The van der Waals surface area contributed by atoms with Crippen molar-refractivity contribution < 1.29 is 14.7 Å². The Balaban J connectivity index is 2.11. The van der Waals surface area contributed by atoms with E-state index < -0.39 is 17.9 Å². The number of aryl methyl sites for hydroxylation is 1. The van der Waals surface area contributed by atoms with Crippen molar-refractivity contribution in [1.29, 1.82) is 0 Å². The summed E-state index contributed by atoms with van der Waals surface area (Å²) in [6, 6.07) is 3.01. The summed E-state index contributed by atoms with van der Waals surface area (Å²) in [5, 5.41) is 19.9. The maximum atomic E-state index is 12.0. The Hall–Kier alpha value is -2.22. The van der Waals surface area contributed by atoms with Crippen LogP contribution in [-0.2, 0) is 11.2 Å². The van der Waals surface area contributed by atoms with Crippen LogP contribution in [0.3, 0.4) is 0 Å². The molecule has 0 spiro atoms. The molecule has 106 valence electrons. The minimum absolute atomic E-state index is 0.0220. The van der Waals surface area contributed by atoms with E-state index in [2.05, 4.69) is 20.5 Å². The highest BCUT2D eigenvalue weighted by Gasteiger charge is 2.21. The Morgan fingerprint density at radius 1 is 1.55 bits per heavy atom. The van der Waals surface area contributed by atoms with Crippen LogP contribution in [0.1, 0.15) is 40.7 Å². The first kappa shape index (κ1) is 14.2. The van der Waals surface area contributed by atoms with Crippen molar-refractivity contribution in [2.45, 2.75) is 25.8 Å². The molecule has 20 heavy (non-hydrogen) atoms. The summed E-state index contributed by atoms with van der Waals surface area (Å²) in [4.78, 5) is 27.7. The number of carbonyl (C=O) groups excluding carboxylic acids is 1. The third-order valence-electron chi connectivity index (χ3n) is 2.64. The maximum absolute atomic E-state index is 12.0. The minimum Gasteiger partial charge on any atom is -0.481 e. The fraction of sp³-hybridized carbons (Fsp3) is 0.333. The third kappa shape index (κ3) is 3.41. The number of nitrogens with zero attached hydrogens (tertiary/aromatic N) is 2. The number of amides is 1. The number of carbonyl (C=O) groups is 2. The van der Waals surface area contributed by atoms with Crippen molar-refractivity contribution in [3.05, 3.63) is 34.0 Å². The number of aromatic amines is 1. The summed E-state index contributed by atoms with van der Waals surface area (Å²) < 4.78 is 0. The quantitative estimate of drug-likeness (QED) is 0.745. The summed E-state index contributed by atoms with van der Waals surface area (Å²) in [6.07, 6.45) is 0.459. The summed E-state index contributed by atoms with van der Waals surface area (Å²) in [5.74, 6) is -0.830. The van der Waals surface area contributed by atoms with Crippen LogP contribution in [0.4, 0.5) is 0 Å². The van der Waals surface area contributed by atoms with E-state index in [0.29, 0.717) is 12.2 Å². The second kappa shape index (κ2) is 6.29. The largest absolute Gasteiger partial charge is 0.481 e. The van der Waals surface area contributed by atoms with E-state index >= 15 is 0 Å². The molecule has 2 aromatic rings. The van der Waals surface area contributed by atoms with Crippen molar-refractivity contribution >= 4 is 23.2 Å². The lowest BCUT2D eigenvalue weighted by molar-refractivity contribution is -0.137. The van der Waals surface area contributed by atoms with E-state index in [1.165, 1.54) is 11.3 Å². The Labute approximate surface area is 119 Å². The number of aromatic nitrogens is 3. The Morgan fingerprint density at radius 3 is 2.90 bits per heavy atom. The summed E-state index contributed by atoms with van der Waals surface area (Å²) >= 11 is 1.39. The molecule has 2 heterocycles. The molecule has 0 saturated heterocycles. The summed E-state index contributed by atoms with van der Waals surface area (Å²) in [5.41, 5.74) is 0. The van der Waals surface area contributed by atoms with Gasteiger partial charge >= 0.3 is 5.97 Å². The van der Waals surface area contributed by atoms with Crippen LogP contribution >= 0.6 is 11.3 Å². The average Bonchev–Trinajstić information content (AvgIpc) is 3.08. The molecule has 0 radical (unpaired) electrons. The van der Waals surface area contributed by atoms with Crippen molar-refractivity contribution in [3.8, 4) is 0 Å². The number of hydrogen-bond acceptors (Lipinski definition) is 5. The standard InChI is InChI=1S/C12H14N4O3S/c1-2-9-14-11(16-15-9)12(19)13-7(6-10(17)18)8-4-3-5-20-8/h3-5,7H,2,6H2,1H3,(H,13,19)(H,17,18)(H,14,15,16). The molecular formula is C12H14N4O3S. The molecule has 2 aromatic heterocycles. The lowest BCUT2D eigenvalue weighted by atomic mass is 10.1. The first-order valence-electron chi connectivity index (χ1n) is 6.07. The third-order valence-corrected chi connectivity index (χ3v) is 3.63. The van der Waals surface area contributed by atoms with Crippen LogP contribution in [-0.4, -0.2) is 32.2 Å². The number of aliphatic carboxylic acids is 1. The zero-order valence-corrected chi connectivity index (χ0v) is 11.6. The van der Waals surface area contributed by atoms with Crippen LogP contribution < -0.4 is 5.32 Å². The van der Waals surface area contributed by atoms with Crippen LogP contribution in [0.25, 0.3) is 0 Å². The Morgan fingerprint density at radius 2 is 2.35 bits per heavy atom. The number of rotatable bonds is 6.